The van der Waals surface area contributed by atoms with E-state index in [1.54, 1.807) is 12.1 Å². The lowest BCUT2D eigenvalue weighted by Crippen LogP contribution is -2.08. The monoisotopic (exact) mass is 319 g/mol. The van der Waals surface area contributed by atoms with Crippen molar-refractivity contribution in [2.24, 2.45) is 0 Å². The number of benzene rings is 2. The first-order valence-electron chi connectivity index (χ1n) is 8.02. The number of hydrogen-bond acceptors (Lipinski definition) is 1. The molecule has 0 saturated heterocycles. The molecule has 1 fully saturated rings. The Balaban J connectivity index is 1.93. The van der Waals surface area contributed by atoms with Gasteiger partial charge in [-0.3, -0.25) is 0 Å². The fourth-order valence-corrected chi connectivity index (χ4v) is 3.42. The lowest BCUT2D eigenvalue weighted by atomic mass is 9.83. The predicted molar refractivity (Wildman–Crippen MR) is 87.1 cm³/mol. The van der Waals surface area contributed by atoms with Crippen LogP contribution in [0.15, 0.2) is 42.5 Å². The van der Waals surface area contributed by atoms with Crippen molar-refractivity contribution in [3.05, 3.63) is 53.6 Å². The minimum Gasteiger partial charge on any atom is -0.399 e. The van der Waals surface area contributed by atoms with Crippen molar-refractivity contribution in [2.75, 3.05) is 5.73 Å². The molecule has 2 aromatic carbocycles. The van der Waals surface area contributed by atoms with E-state index < -0.39 is 11.7 Å². The number of rotatable bonds is 2. The second kappa shape index (κ2) is 6.26. The van der Waals surface area contributed by atoms with Gasteiger partial charge in [-0.05, 0) is 47.6 Å². The van der Waals surface area contributed by atoms with E-state index in [2.05, 4.69) is 0 Å². The first-order chi connectivity index (χ1) is 10.9. The van der Waals surface area contributed by atoms with Gasteiger partial charge in [0.1, 0.15) is 0 Å². The van der Waals surface area contributed by atoms with Crippen LogP contribution in [-0.2, 0) is 6.18 Å². The smallest absolute Gasteiger partial charge is 0.399 e. The lowest BCUT2D eigenvalue weighted by molar-refractivity contribution is -0.137. The van der Waals surface area contributed by atoms with Gasteiger partial charge >= 0.3 is 6.18 Å². The quantitative estimate of drug-likeness (QED) is 0.675. The summed E-state index contributed by atoms with van der Waals surface area (Å²) in [6.45, 7) is 0. The summed E-state index contributed by atoms with van der Waals surface area (Å²) in [7, 11) is 0. The van der Waals surface area contributed by atoms with Crippen LogP contribution in [0.5, 0.6) is 0 Å². The molecule has 0 heterocycles. The number of alkyl halides is 3. The molecule has 1 aliphatic carbocycles. The molecular weight excluding hydrogens is 299 g/mol. The van der Waals surface area contributed by atoms with Crippen molar-refractivity contribution in [3.63, 3.8) is 0 Å². The van der Waals surface area contributed by atoms with Crippen molar-refractivity contribution in [1.82, 2.24) is 0 Å². The molecule has 0 amide bonds. The van der Waals surface area contributed by atoms with Gasteiger partial charge in [-0.15, -0.1) is 0 Å². The Bertz CT molecular complexity index is 668. The molecule has 0 spiro atoms. The summed E-state index contributed by atoms with van der Waals surface area (Å²) in [5.41, 5.74) is 6.97. The normalized spacial score (nSPS) is 16.5. The van der Waals surface area contributed by atoms with Gasteiger partial charge in [0.2, 0.25) is 0 Å². The molecule has 2 aromatic rings. The topological polar surface area (TPSA) is 26.0 Å². The Labute approximate surface area is 134 Å². The van der Waals surface area contributed by atoms with E-state index in [9.17, 15) is 13.2 Å². The SMILES string of the molecule is Nc1ccc(-c2ccc(C3CCCCC3)cc2)c(C(F)(F)F)c1. The van der Waals surface area contributed by atoms with E-state index in [0.717, 1.165) is 6.07 Å². The second-order valence-corrected chi connectivity index (χ2v) is 6.26. The Morgan fingerprint density at radius 3 is 2.13 bits per heavy atom. The van der Waals surface area contributed by atoms with E-state index in [4.69, 9.17) is 5.73 Å². The van der Waals surface area contributed by atoms with Crippen LogP contribution in [0.25, 0.3) is 11.1 Å². The molecule has 1 aliphatic rings. The zero-order valence-corrected chi connectivity index (χ0v) is 12.9. The summed E-state index contributed by atoms with van der Waals surface area (Å²) >= 11 is 0. The molecular formula is C19H20F3N. The van der Waals surface area contributed by atoms with Crippen molar-refractivity contribution in [3.8, 4) is 11.1 Å². The second-order valence-electron chi connectivity index (χ2n) is 6.26. The van der Waals surface area contributed by atoms with Crippen LogP contribution < -0.4 is 5.73 Å². The molecule has 0 aromatic heterocycles. The van der Waals surface area contributed by atoms with Gasteiger partial charge in [0, 0.05) is 5.69 Å². The molecule has 0 aliphatic heterocycles. The van der Waals surface area contributed by atoms with Gasteiger partial charge < -0.3 is 5.73 Å². The Morgan fingerprint density at radius 1 is 0.870 bits per heavy atom. The molecule has 122 valence electrons. The number of halogens is 3. The van der Waals surface area contributed by atoms with E-state index >= 15 is 0 Å². The van der Waals surface area contributed by atoms with Crippen LogP contribution in [0, 0.1) is 0 Å². The fraction of sp³-hybridized carbons (Fsp3) is 0.368. The molecule has 23 heavy (non-hydrogen) atoms. The summed E-state index contributed by atoms with van der Waals surface area (Å²) < 4.78 is 39.7. The van der Waals surface area contributed by atoms with E-state index in [-0.39, 0.29) is 11.3 Å². The zero-order chi connectivity index (χ0) is 16.4. The average molecular weight is 319 g/mol. The Kier molecular flexibility index (Phi) is 4.33. The molecule has 0 bridgehead atoms. The molecule has 0 unspecified atom stereocenters. The van der Waals surface area contributed by atoms with E-state index in [0.29, 0.717) is 11.5 Å². The van der Waals surface area contributed by atoms with Gasteiger partial charge in [0.25, 0.3) is 0 Å². The zero-order valence-electron chi connectivity index (χ0n) is 12.9. The Morgan fingerprint density at radius 2 is 1.52 bits per heavy atom. The fourth-order valence-electron chi connectivity index (χ4n) is 3.42. The maximum absolute atomic E-state index is 13.2. The largest absolute Gasteiger partial charge is 0.417 e. The third kappa shape index (κ3) is 3.52. The lowest BCUT2D eigenvalue weighted by Gasteiger charge is -2.22. The van der Waals surface area contributed by atoms with Gasteiger partial charge in [0.05, 0.1) is 5.56 Å². The van der Waals surface area contributed by atoms with Gasteiger partial charge in [0.15, 0.2) is 0 Å². The number of hydrogen-bond donors (Lipinski definition) is 1. The average Bonchev–Trinajstić information content (AvgIpc) is 2.55. The molecule has 0 radical (unpaired) electrons. The third-order valence-corrected chi connectivity index (χ3v) is 4.65. The highest BCUT2D eigenvalue weighted by atomic mass is 19.4. The summed E-state index contributed by atoms with van der Waals surface area (Å²) in [5.74, 6) is 0.548. The van der Waals surface area contributed by atoms with Crippen LogP contribution in [0.2, 0.25) is 0 Å². The highest BCUT2D eigenvalue weighted by Crippen LogP contribution is 2.39. The molecule has 1 saturated carbocycles. The maximum atomic E-state index is 13.2. The van der Waals surface area contributed by atoms with Gasteiger partial charge in [-0.1, -0.05) is 49.6 Å². The van der Waals surface area contributed by atoms with Crippen molar-refractivity contribution < 1.29 is 13.2 Å². The van der Waals surface area contributed by atoms with Crippen molar-refractivity contribution in [2.45, 2.75) is 44.2 Å². The number of anilines is 1. The summed E-state index contributed by atoms with van der Waals surface area (Å²) in [6.07, 6.45) is 1.71. The molecule has 2 N–H and O–H groups in total. The summed E-state index contributed by atoms with van der Waals surface area (Å²) in [5, 5.41) is 0. The minimum atomic E-state index is -4.41. The predicted octanol–water partition coefficient (Wildman–Crippen LogP) is 6.00. The van der Waals surface area contributed by atoms with Crippen LogP contribution in [-0.4, -0.2) is 0 Å². The molecule has 3 rings (SSSR count). The number of nitrogens with two attached hydrogens (primary N) is 1. The first kappa shape index (κ1) is 15.9. The number of nitrogen functional groups attached to an aromatic ring is 1. The van der Waals surface area contributed by atoms with Crippen LogP contribution >= 0.6 is 0 Å². The van der Waals surface area contributed by atoms with Gasteiger partial charge in [-0.25, -0.2) is 0 Å². The molecule has 0 atom stereocenters. The molecule has 4 heteroatoms. The van der Waals surface area contributed by atoms with Crippen molar-refractivity contribution >= 4 is 5.69 Å². The maximum Gasteiger partial charge on any atom is 0.417 e. The summed E-state index contributed by atoms with van der Waals surface area (Å²) in [6, 6.07) is 11.5. The highest BCUT2D eigenvalue weighted by Gasteiger charge is 2.33. The van der Waals surface area contributed by atoms with Crippen LogP contribution in [0.1, 0.15) is 49.1 Å². The van der Waals surface area contributed by atoms with Gasteiger partial charge in [-0.2, -0.15) is 13.2 Å². The summed E-state index contributed by atoms with van der Waals surface area (Å²) in [4.78, 5) is 0. The van der Waals surface area contributed by atoms with Crippen LogP contribution in [0.3, 0.4) is 0 Å². The van der Waals surface area contributed by atoms with E-state index in [1.807, 2.05) is 12.1 Å². The molecule has 1 nitrogen and oxygen atoms in total. The minimum absolute atomic E-state index is 0.125. The van der Waals surface area contributed by atoms with Crippen molar-refractivity contribution in [1.29, 1.82) is 0 Å². The van der Waals surface area contributed by atoms with Crippen LogP contribution in [0.4, 0.5) is 18.9 Å². The first-order valence-corrected chi connectivity index (χ1v) is 8.02. The van der Waals surface area contributed by atoms with E-state index in [1.165, 1.54) is 49.8 Å². The highest BCUT2D eigenvalue weighted by molar-refractivity contribution is 5.70. The Hall–Kier alpha value is -1.97. The third-order valence-electron chi connectivity index (χ3n) is 4.65. The standard InChI is InChI=1S/C19H20F3N/c20-19(21,22)18-12-16(23)10-11-17(18)15-8-6-14(7-9-15)13-4-2-1-3-5-13/h6-13H,1-5,23H2.